The molecule has 0 aromatic rings. The van der Waals surface area contributed by atoms with Crippen LogP contribution in [0.5, 0.6) is 0 Å². The van der Waals surface area contributed by atoms with Crippen molar-refractivity contribution < 1.29 is 65.5 Å². The maximum atomic E-state index is 10.2. The number of carbonyl (C=O) groups is 4. The van der Waals surface area contributed by atoms with E-state index in [1.807, 2.05) is 0 Å². The minimum atomic E-state index is -4.84. The summed E-state index contributed by atoms with van der Waals surface area (Å²) in [5.41, 5.74) is 9.81. The van der Waals surface area contributed by atoms with Crippen LogP contribution in [-0.4, -0.2) is 93.8 Å². The van der Waals surface area contributed by atoms with Crippen molar-refractivity contribution in [3.63, 3.8) is 0 Å². The first-order valence-corrected chi connectivity index (χ1v) is 9.64. The van der Waals surface area contributed by atoms with Gasteiger partial charge in [-0.05, 0) is 0 Å². The standard InChI is InChI=1S/2C4H6O7S.C2H8N2/c2*5-3(6)1-2(4(7)8)12(9,10)11;3-1-2-4/h2*2H,1H2,(H,5,6)(H,7,8)(H,9,10,11);1-4H2. The maximum Gasteiger partial charge on any atom is 0.325 e. The summed E-state index contributed by atoms with van der Waals surface area (Å²) in [6, 6.07) is 0. The normalized spacial score (nSPS) is 12.9. The third-order valence-corrected chi connectivity index (χ3v) is 4.33. The molecule has 0 amide bonds. The summed E-state index contributed by atoms with van der Waals surface area (Å²) in [6.45, 7) is 1.19. The predicted molar refractivity (Wildman–Crippen MR) is 88.6 cm³/mol. The van der Waals surface area contributed by atoms with Crippen LogP contribution in [0.3, 0.4) is 0 Å². The molecule has 166 valence electrons. The van der Waals surface area contributed by atoms with E-state index in [0.717, 1.165) is 0 Å². The van der Waals surface area contributed by atoms with Crippen LogP contribution in [0.4, 0.5) is 0 Å². The van der Waals surface area contributed by atoms with Gasteiger partial charge in [-0.15, -0.1) is 0 Å². The van der Waals surface area contributed by atoms with Crippen LogP contribution in [-0.2, 0) is 39.4 Å². The van der Waals surface area contributed by atoms with E-state index in [4.69, 9.17) is 41.0 Å². The fourth-order valence-electron chi connectivity index (χ4n) is 0.957. The Kier molecular flexibility index (Phi) is 14.9. The predicted octanol–water partition coefficient (Wildman–Crippen LogP) is -3.49. The van der Waals surface area contributed by atoms with Crippen molar-refractivity contribution in [3.05, 3.63) is 0 Å². The quantitative estimate of drug-likeness (QED) is 0.156. The smallest absolute Gasteiger partial charge is 0.325 e. The highest BCUT2D eigenvalue weighted by Crippen LogP contribution is 2.04. The van der Waals surface area contributed by atoms with Crippen LogP contribution in [0.1, 0.15) is 12.8 Å². The van der Waals surface area contributed by atoms with Gasteiger partial charge in [0, 0.05) is 13.1 Å². The van der Waals surface area contributed by atoms with Crippen molar-refractivity contribution in [2.24, 2.45) is 11.5 Å². The first kappa shape index (κ1) is 30.4. The first-order chi connectivity index (χ1) is 12.4. The summed E-state index contributed by atoms with van der Waals surface area (Å²) in [4.78, 5) is 40.0. The fourth-order valence-corrected chi connectivity index (χ4v) is 2.17. The lowest BCUT2D eigenvalue weighted by Gasteiger charge is -2.04. The van der Waals surface area contributed by atoms with E-state index in [1.54, 1.807) is 0 Å². The molecule has 2 unspecified atom stereocenters. The molecular weight excluding hydrogens is 436 g/mol. The Bertz CT molecular complexity index is 680. The molecule has 18 heteroatoms. The molecule has 2 atom stereocenters. The molecule has 16 nitrogen and oxygen atoms in total. The number of nitrogens with two attached hydrogens (primary N) is 2. The molecule has 0 saturated heterocycles. The van der Waals surface area contributed by atoms with Crippen molar-refractivity contribution in [1.29, 1.82) is 0 Å². The van der Waals surface area contributed by atoms with Gasteiger partial charge in [0.1, 0.15) is 0 Å². The number of carboxylic acid groups (broad SMARTS) is 4. The largest absolute Gasteiger partial charge is 0.481 e. The minimum absolute atomic E-state index is 0.597. The van der Waals surface area contributed by atoms with Crippen LogP contribution < -0.4 is 11.5 Å². The minimum Gasteiger partial charge on any atom is -0.481 e. The summed E-state index contributed by atoms with van der Waals surface area (Å²) in [7, 11) is -9.68. The lowest BCUT2D eigenvalue weighted by atomic mass is 10.3. The Labute approximate surface area is 158 Å². The van der Waals surface area contributed by atoms with Gasteiger partial charge >= 0.3 is 23.9 Å². The Morgan fingerprint density at radius 1 is 0.643 bits per heavy atom. The van der Waals surface area contributed by atoms with E-state index >= 15 is 0 Å². The highest BCUT2D eigenvalue weighted by atomic mass is 32.2. The lowest BCUT2D eigenvalue weighted by Crippen LogP contribution is -2.31. The molecule has 0 rings (SSSR count). The third kappa shape index (κ3) is 17.1. The summed E-state index contributed by atoms with van der Waals surface area (Å²) in [5.74, 6) is -7.00. The Morgan fingerprint density at radius 2 is 0.857 bits per heavy atom. The van der Waals surface area contributed by atoms with Gasteiger partial charge in [-0.1, -0.05) is 0 Å². The van der Waals surface area contributed by atoms with Gasteiger partial charge in [0.2, 0.25) is 0 Å². The molecule has 0 aromatic heterocycles. The molecule has 0 bridgehead atoms. The average Bonchev–Trinajstić information content (AvgIpc) is 2.48. The zero-order chi connectivity index (χ0) is 23.3. The number of aliphatic carboxylic acids is 4. The van der Waals surface area contributed by atoms with Crippen LogP contribution in [0.25, 0.3) is 0 Å². The molecule has 0 saturated carbocycles. The molecule has 0 aliphatic carbocycles. The van der Waals surface area contributed by atoms with Gasteiger partial charge in [0.05, 0.1) is 12.8 Å². The Hall–Kier alpha value is -2.38. The molecule has 0 radical (unpaired) electrons. The van der Waals surface area contributed by atoms with Gasteiger partial charge in [0.25, 0.3) is 20.2 Å². The van der Waals surface area contributed by atoms with Crippen LogP contribution in [0.2, 0.25) is 0 Å². The fraction of sp³-hybridized carbons (Fsp3) is 0.600. The molecule has 0 spiro atoms. The van der Waals surface area contributed by atoms with E-state index < -0.39 is 67.5 Å². The molecule has 0 aromatic carbocycles. The topological polar surface area (TPSA) is 310 Å². The van der Waals surface area contributed by atoms with E-state index in [-0.39, 0.29) is 0 Å². The monoisotopic (exact) mass is 456 g/mol. The van der Waals surface area contributed by atoms with Crippen molar-refractivity contribution in [3.8, 4) is 0 Å². The number of hydrogen-bond donors (Lipinski definition) is 8. The number of rotatable bonds is 9. The van der Waals surface area contributed by atoms with Crippen LogP contribution >= 0.6 is 0 Å². The van der Waals surface area contributed by atoms with Gasteiger partial charge in [0.15, 0.2) is 10.5 Å². The second-order valence-electron chi connectivity index (χ2n) is 4.46. The molecule has 10 N–H and O–H groups in total. The second kappa shape index (κ2) is 13.7. The molecular formula is C10H20N2O14S2. The molecule has 0 aliphatic heterocycles. The van der Waals surface area contributed by atoms with Gasteiger partial charge < -0.3 is 31.9 Å². The zero-order valence-electron chi connectivity index (χ0n) is 13.9. The van der Waals surface area contributed by atoms with Crippen molar-refractivity contribution >= 4 is 44.1 Å². The zero-order valence-corrected chi connectivity index (χ0v) is 15.5. The van der Waals surface area contributed by atoms with E-state index in [1.165, 1.54) is 0 Å². The Morgan fingerprint density at radius 3 is 0.893 bits per heavy atom. The third-order valence-electron chi connectivity index (χ3n) is 2.16. The van der Waals surface area contributed by atoms with Crippen molar-refractivity contribution in [2.45, 2.75) is 23.3 Å². The Balaban J connectivity index is -0.000000375. The van der Waals surface area contributed by atoms with Gasteiger partial charge in [-0.2, -0.15) is 16.8 Å². The van der Waals surface area contributed by atoms with Crippen LogP contribution in [0, 0.1) is 0 Å². The molecule has 28 heavy (non-hydrogen) atoms. The SMILES string of the molecule is NCCN.O=C(O)CC(C(=O)O)S(=O)(=O)O.O=C(O)CC(C(=O)O)S(=O)(=O)O. The molecule has 0 heterocycles. The molecule has 0 fully saturated rings. The lowest BCUT2D eigenvalue weighted by molar-refractivity contribution is -0.143. The van der Waals surface area contributed by atoms with Crippen molar-refractivity contribution in [1.82, 2.24) is 0 Å². The summed E-state index contributed by atoms with van der Waals surface area (Å²) in [5, 5.41) is 27.8. The second-order valence-corrected chi connectivity index (χ2v) is 7.65. The average molecular weight is 456 g/mol. The maximum absolute atomic E-state index is 10.2. The van der Waals surface area contributed by atoms with Gasteiger partial charge in [-0.3, -0.25) is 28.3 Å². The van der Waals surface area contributed by atoms with E-state index in [0.29, 0.717) is 13.1 Å². The van der Waals surface area contributed by atoms with Crippen molar-refractivity contribution in [2.75, 3.05) is 13.1 Å². The van der Waals surface area contributed by atoms with E-state index in [2.05, 4.69) is 0 Å². The first-order valence-electron chi connectivity index (χ1n) is 6.63. The highest BCUT2D eigenvalue weighted by molar-refractivity contribution is 7.87. The number of carboxylic acids is 4. The van der Waals surface area contributed by atoms with E-state index in [9.17, 15) is 36.0 Å². The number of hydrogen-bond acceptors (Lipinski definition) is 10. The van der Waals surface area contributed by atoms with Crippen LogP contribution in [0.15, 0.2) is 0 Å². The summed E-state index contributed by atoms with van der Waals surface area (Å²) >= 11 is 0. The summed E-state index contributed by atoms with van der Waals surface area (Å²) < 4.78 is 57.3. The molecule has 0 aliphatic rings. The highest BCUT2D eigenvalue weighted by Gasteiger charge is 2.33. The van der Waals surface area contributed by atoms with Gasteiger partial charge in [-0.25, -0.2) is 0 Å². The summed E-state index contributed by atoms with van der Waals surface area (Å²) in [6.07, 6.45) is -2.32.